The molecule has 1 atom stereocenters. The van der Waals surface area contributed by atoms with Crippen LogP contribution < -0.4 is 5.73 Å². The normalized spacial score (nSPS) is 19.7. The van der Waals surface area contributed by atoms with Gasteiger partial charge in [0.1, 0.15) is 5.60 Å². The summed E-state index contributed by atoms with van der Waals surface area (Å²) in [6.45, 7) is 4.23. The van der Waals surface area contributed by atoms with Crippen molar-refractivity contribution in [1.29, 1.82) is 0 Å². The van der Waals surface area contributed by atoms with Crippen LogP contribution in [0.15, 0.2) is 6.20 Å². The third-order valence-electron chi connectivity index (χ3n) is 4.17. The van der Waals surface area contributed by atoms with E-state index in [-0.39, 0.29) is 11.6 Å². The highest BCUT2D eigenvalue weighted by atomic mass is 16.5. The van der Waals surface area contributed by atoms with Crippen molar-refractivity contribution >= 4 is 0 Å². The van der Waals surface area contributed by atoms with E-state index in [1.54, 1.807) is 7.11 Å². The van der Waals surface area contributed by atoms with Gasteiger partial charge in [-0.3, -0.25) is 0 Å². The second kappa shape index (κ2) is 5.33. The first-order valence-electron chi connectivity index (χ1n) is 6.84. The molecule has 18 heavy (non-hydrogen) atoms. The average Bonchev–Trinajstić information content (AvgIpc) is 2.42. The molecular formula is C14H23N3O. The lowest BCUT2D eigenvalue weighted by Gasteiger charge is -2.30. The second-order valence-corrected chi connectivity index (χ2v) is 5.00. The smallest absolute Gasteiger partial charge is 0.160 e. The van der Waals surface area contributed by atoms with E-state index in [2.05, 4.69) is 18.8 Å². The Balaban J connectivity index is 2.41. The van der Waals surface area contributed by atoms with Gasteiger partial charge in [0.25, 0.3) is 0 Å². The SMILES string of the molecule is CCC(CC)(OC)c1ncc2c(n1)CCCC2N. The van der Waals surface area contributed by atoms with Crippen molar-refractivity contribution in [2.45, 2.75) is 57.6 Å². The number of nitrogens with zero attached hydrogens (tertiary/aromatic N) is 2. The fourth-order valence-electron chi connectivity index (χ4n) is 2.75. The molecule has 1 unspecified atom stereocenters. The zero-order chi connectivity index (χ0) is 13.2. The zero-order valence-electron chi connectivity index (χ0n) is 11.6. The summed E-state index contributed by atoms with van der Waals surface area (Å²) >= 11 is 0. The molecule has 0 bridgehead atoms. The molecule has 0 aromatic carbocycles. The first kappa shape index (κ1) is 13.4. The van der Waals surface area contributed by atoms with Crippen LogP contribution in [-0.4, -0.2) is 17.1 Å². The highest BCUT2D eigenvalue weighted by Gasteiger charge is 2.32. The maximum atomic E-state index is 6.09. The van der Waals surface area contributed by atoms with Crippen LogP contribution in [-0.2, 0) is 16.8 Å². The lowest BCUT2D eigenvalue weighted by Crippen LogP contribution is -2.31. The molecule has 1 aliphatic carbocycles. The Kier molecular flexibility index (Phi) is 3.97. The van der Waals surface area contributed by atoms with E-state index in [0.29, 0.717) is 0 Å². The minimum Gasteiger partial charge on any atom is -0.370 e. The van der Waals surface area contributed by atoms with Gasteiger partial charge in [-0.05, 0) is 32.1 Å². The summed E-state index contributed by atoms with van der Waals surface area (Å²) < 4.78 is 5.68. The van der Waals surface area contributed by atoms with Gasteiger partial charge in [-0.15, -0.1) is 0 Å². The Labute approximate surface area is 109 Å². The largest absolute Gasteiger partial charge is 0.370 e. The number of hydrogen-bond acceptors (Lipinski definition) is 4. The molecule has 2 rings (SSSR count). The maximum Gasteiger partial charge on any atom is 0.160 e. The highest BCUT2D eigenvalue weighted by molar-refractivity contribution is 5.25. The third-order valence-corrected chi connectivity index (χ3v) is 4.17. The van der Waals surface area contributed by atoms with Crippen molar-refractivity contribution in [3.05, 3.63) is 23.3 Å². The molecule has 0 aliphatic heterocycles. The third kappa shape index (κ3) is 2.15. The van der Waals surface area contributed by atoms with Crippen LogP contribution in [0, 0.1) is 0 Å². The van der Waals surface area contributed by atoms with Crippen LogP contribution in [0.2, 0.25) is 0 Å². The molecule has 1 aromatic heterocycles. The number of methoxy groups -OCH3 is 1. The van der Waals surface area contributed by atoms with Crippen molar-refractivity contribution in [2.75, 3.05) is 7.11 Å². The van der Waals surface area contributed by atoms with Crippen LogP contribution >= 0.6 is 0 Å². The number of ether oxygens (including phenoxy) is 1. The molecule has 1 aliphatic rings. The molecule has 0 saturated carbocycles. The van der Waals surface area contributed by atoms with E-state index < -0.39 is 0 Å². The van der Waals surface area contributed by atoms with Gasteiger partial charge in [-0.25, -0.2) is 9.97 Å². The molecule has 0 amide bonds. The Hall–Kier alpha value is -1.00. The summed E-state index contributed by atoms with van der Waals surface area (Å²) in [5.41, 5.74) is 7.97. The summed E-state index contributed by atoms with van der Waals surface area (Å²) in [6, 6.07) is 0.1000. The molecule has 0 radical (unpaired) electrons. The van der Waals surface area contributed by atoms with Crippen LogP contribution in [0.4, 0.5) is 0 Å². The summed E-state index contributed by atoms with van der Waals surface area (Å²) in [5, 5.41) is 0. The summed E-state index contributed by atoms with van der Waals surface area (Å²) in [7, 11) is 1.74. The standard InChI is InChI=1S/C14H23N3O/c1-4-14(5-2,18-3)13-16-9-10-11(15)7-6-8-12(10)17-13/h9,11H,4-8,15H2,1-3H3. The number of aromatic nitrogens is 2. The molecule has 0 fully saturated rings. The van der Waals surface area contributed by atoms with Gasteiger partial charge in [0.15, 0.2) is 5.82 Å². The van der Waals surface area contributed by atoms with E-state index in [1.165, 1.54) is 0 Å². The monoisotopic (exact) mass is 249 g/mol. The second-order valence-electron chi connectivity index (χ2n) is 5.00. The Morgan fingerprint density at radius 3 is 2.78 bits per heavy atom. The van der Waals surface area contributed by atoms with E-state index in [1.807, 2.05) is 6.20 Å². The summed E-state index contributed by atoms with van der Waals surface area (Å²) in [4.78, 5) is 9.24. The number of hydrogen-bond donors (Lipinski definition) is 1. The van der Waals surface area contributed by atoms with Gasteiger partial charge >= 0.3 is 0 Å². The minimum atomic E-state index is -0.351. The fraction of sp³-hybridized carbons (Fsp3) is 0.714. The first-order chi connectivity index (χ1) is 8.66. The summed E-state index contributed by atoms with van der Waals surface area (Å²) in [5.74, 6) is 0.808. The molecular weight excluding hydrogens is 226 g/mol. The molecule has 0 saturated heterocycles. The van der Waals surface area contributed by atoms with Crippen molar-refractivity contribution < 1.29 is 4.74 Å². The lowest BCUT2D eigenvalue weighted by atomic mass is 9.91. The topological polar surface area (TPSA) is 61.0 Å². The molecule has 2 N–H and O–H groups in total. The van der Waals surface area contributed by atoms with Gasteiger partial charge in [-0.1, -0.05) is 13.8 Å². The highest BCUT2D eigenvalue weighted by Crippen LogP contribution is 2.32. The molecule has 1 heterocycles. The predicted molar refractivity (Wildman–Crippen MR) is 71.2 cm³/mol. The maximum absolute atomic E-state index is 6.09. The minimum absolute atomic E-state index is 0.1000. The quantitative estimate of drug-likeness (QED) is 0.890. The van der Waals surface area contributed by atoms with Gasteiger partial charge in [0.2, 0.25) is 0 Å². The van der Waals surface area contributed by atoms with E-state index in [9.17, 15) is 0 Å². The van der Waals surface area contributed by atoms with Crippen molar-refractivity contribution in [3.63, 3.8) is 0 Å². The molecule has 100 valence electrons. The average molecular weight is 249 g/mol. The van der Waals surface area contributed by atoms with Crippen molar-refractivity contribution in [2.24, 2.45) is 5.73 Å². The van der Waals surface area contributed by atoms with Gasteiger partial charge in [-0.2, -0.15) is 0 Å². The summed E-state index contributed by atoms with van der Waals surface area (Å²) in [6.07, 6.45) is 6.82. The van der Waals surface area contributed by atoms with E-state index in [4.69, 9.17) is 15.5 Å². The van der Waals surface area contributed by atoms with Gasteiger partial charge < -0.3 is 10.5 Å². The molecule has 4 nitrogen and oxygen atoms in total. The lowest BCUT2D eigenvalue weighted by molar-refractivity contribution is -0.0294. The number of fused-ring (bicyclic) bond motifs is 1. The Bertz CT molecular complexity index is 407. The molecule has 0 spiro atoms. The van der Waals surface area contributed by atoms with Crippen molar-refractivity contribution in [3.8, 4) is 0 Å². The van der Waals surface area contributed by atoms with Crippen LogP contribution in [0.3, 0.4) is 0 Å². The molecule has 4 heteroatoms. The number of nitrogens with two attached hydrogens (primary N) is 1. The molecule has 1 aromatic rings. The van der Waals surface area contributed by atoms with Gasteiger partial charge in [0, 0.05) is 30.6 Å². The number of rotatable bonds is 4. The van der Waals surface area contributed by atoms with Gasteiger partial charge in [0.05, 0.1) is 0 Å². The first-order valence-corrected chi connectivity index (χ1v) is 6.84. The zero-order valence-corrected chi connectivity index (χ0v) is 11.6. The van der Waals surface area contributed by atoms with E-state index in [0.717, 1.165) is 49.2 Å². The Morgan fingerprint density at radius 2 is 2.17 bits per heavy atom. The van der Waals surface area contributed by atoms with E-state index >= 15 is 0 Å². The predicted octanol–water partition coefficient (Wildman–Crippen LogP) is 2.47. The van der Waals surface area contributed by atoms with Crippen LogP contribution in [0.5, 0.6) is 0 Å². The van der Waals surface area contributed by atoms with Crippen molar-refractivity contribution in [1.82, 2.24) is 9.97 Å². The Morgan fingerprint density at radius 1 is 1.44 bits per heavy atom. The van der Waals surface area contributed by atoms with Crippen LogP contribution in [0.1, 0.15) is 62.7 Å². The van der Waals surface area contributed by atoms with Crippen LogP contribution in [0.25, 0.3) is 0 Å². The fourth-order valence-corrected chi connectivity index (χ4v) is 2.75. The number of aryl methyl sites for hydroxylation is 1.